The molecule has 1 aliphatic carbocycles. The van der Waals surface area contributed by atoms with E-state index in [2.05, 4.69) is 6.08 Å². The van der Waals surface area contributed by atoms with E-state index in [1.54, 1.807) is 4.90 Å². The van der Waals surface area contributed by atoms with Gasteiger partial charge in [0.05, 0.1) is 13.5 Å². The van der Waals surface area contributed by atoms with Crippen molar-refractivity contribution in [2.24, 2.45) is 0 Å². The fraction of sp³-hybridized carbons (Fsp3) is 0.474. The molecule has 124 valence electrons. The van der Waals surface area contributed by atoms with Gasteiger partial charge >= 0.3 is 5.97 Å². The van der Waals surface area contributed by atoms with Gasteiger partial charge in [0.15, 0.2) is 0 Å². The summed E-state index contributed by atoms with van der Waals surface area (Å²) in [7, 11) is 1.37. The highest BCUT2D eigenvalue weighted by molar-refractivity contribution is 5.94. The monoisotopic (exact) mass is 315 g/mol. The first-order valence-corrected chi connectivity index (χ1v) is 8.29. The standard InChI is InChI=1S/C19H25NO3/c1-23-18(21)13-15-20(14-12-16-8-4-2-5-9-16)19(22)17-10-6-3-7-11-17/h3,6-8,10-11H,2,4-5,9,12-15H2,1H3. The maximum atomic E-state index is 12.7. The fourth-order valence-electron chi connectivity index (χ4n) is 2.82. The van der Waals surface area contributed by atoms with Crippen molar-refractivity contribution in [3.63, 3.8) is 0 Å². The smallest absolute Gasteiger partial charge is 0.307 e. The van der Waals surface area contributed by atoms with Crippen LogP contribution >= 0.6 is 0 Å². The van der Waals surface area contributed by atoms with Crippen molar-refractivity contribution in [2.75, 3.05) is 20.2 Å². The zero-order valence-corrected chi connectivity index (χ0v) is 13.8. The van der Waals surface area contributed by atoms with Crippen molar-refractivity contribution >= 4 is 11.9 Å². The van der Waals surface area contributed by atoms with Crippen molar-refractivity contribution in [1.29, 1.82) is 0 Å². The molecule has 0 N–H and O–H groups in total. The summed E-state index contributed by atoms with van der Waals surface area (Å²) < 4.78 is 4.69. The molecular formula is C19H25NO3. The Labute approximate surface area is 138 Å². The quantitative estimate of drug-likeness (QED) is 0.571. The van der Waals surface area contributed by atoms with Crippen LogP contribution < -0.4 is 0 Å². The van der Waals surface area contributed by atoms with Crippen LogP contribution in [0.4, 0.5) is 0 Å². The Morgan fingerprint density at radius 3 is 2.57 bits per heavy atom. The van der Waals surface area contributed by atoms with Gasteiger partial charge in [-0.05, 0) is 44.2 Å². The van der Waals surface area contributed by atoms with Gasteiger partial charge in [-0.1, -0.05) is 29.8 Å². The molecule has 1 aromatic rings. The first kappa shape index (κ1) is 17.3. The molecule has 0 unspecified atom stereocenters. The maximum absolute atomic E-state index is 12.7. The van der Waals surface area contributed by atoms with E-state index in [1.165, 1.54) is 25.5 Å². The third-order valence-corrected chi connectivity index (χ3v) is 4.21. The SMILES string of the molecule is COC(=O)CCN(CCC1=CCCCC1)C(=O)c1ccccc1. The number of benzene rings is 1. The van der Waals surface area contributed by atoms with Gasteiger partial charge in [-0.15, -0.1) is 0 Å². The van der Waals surface area contributed by atoms with E-state index in [-0.39, 0.29) is 18.3 Å². The molecule has 0 aliphatic heterocycles. The minimum atomic E-state index is -0.284. The largest absolute Gasteiger partial charge is 0.469 e. The number of carbonyl (C=O) groups excluding carboxylic acids is 2. The zero-order valence-electron chi connectivity index (χ0n) is 13.8. The lowest BCUT2D eigenvalue weighted by Crippen LogP contribution is -2.34. The Kier molecular flexibility index (Phi) is 6.85. The van der Waals surface area contributed by atoms with Crippen LogP contribution in [0.25, 0.3) is 0 Å². The van der Waals surface area contributed by atoms with Gasteiger partial charge in [-0.25, -0.2) is 0 Å². The number of rotatable bonds is 7. The molecule has 1 aromatic carbocycles. The number of nitrogens with zero attached hydrogens (tertiary/aromatic N) is 1. The van der Waals surface area contributed by atoms with E-state index < -0.39 is 0 Å². The normalized spacial score (nSPS) is 14.0. The second-order valence-corrected chi connectivity index (χ2v) is 5.84. The average molecular weight is 315 g/mol. The average Bonchev–Trinajstić information content (AvgIpc) is 2.62. The number of amides is 1. The molecule has 0 radical (unpaired) electrons. The summed E-state index contributed by atoms with van der Waals surface area (Å²) in [6.07, 6.45) is 8.19. The summed E-state index contributed by atoms with van der Waals surface area (Å²) in [5.41, 5.74) is 2.09. The summed E-state index contributed by atoms with van der Waals surface area (Å²) in [6, 6.07) is 9.23. The molecule has 1 amide bonds. The second kappa shape index (κ2) is 9.13. The van der Waals surface area contributed by atoms with Crippen molar-refractivity contribution < 1.29 is 14.3 Å². The number of methoxy groups -OCH3 is 1. The number of carbonyl (C=O) groups is 2. The number of hydrogen-bond donors (Lipinski definition) is 0. The van der Waals surface area contributed by atoms with Gasteiger partial charge in [0.2, 0.25) is 0 Å². The molecule has 2 rings (SSSR count). The molecule has 4 heteroatoms. The van der Waals surface area contributed by atoms with E-state index in [9.17, 15) is 9.59 Å². The molecular weight excluding hydrogens is 290 g/mol. The van der Waals surface area contributed by atoms with E-state index in [1.807, 2.05) is 30.3 Å². The van der Waals surface area contributed by atoms with Crippen molar-refractivity contribution in [2.45, 2.75) is 38.5 Å². The highest BCUT2D eigenvalue weighted by atomic mass is 16.5. The van der Waals surface area contributed by atoms with Crippen LogP contribution in [0.15, 0.2) is 42.0 Å². The molecule has 0 fully saturated rings. The molecule has 0 spiro atoms. The molecule has 0 aromatic heterocycles. The maximum Gasteiger partial charge on any atom is 0.307 e. The van der Waals surface area contributed by atoms with Crippen LogP contribution in [0.3, 0.4) is 0 Å². The third-order valence-electron chi connectivity index (χ3n) is 4.21. The van der Waals surface area contributed by atoms with Gasteiger partial charge in [-0.3, -0.25) is 9.59 Å². The van der Waals surface area contributed by atoms with Crippen molar-refractivity contribution in [3.05, 3.63) is 47.5 Å². The van der Waals surface area contributed by atoms with Crippen LogP contribution in [0.5, 0.6) is 0 Å². The van der Waals surface area contributed by atoms with Crippen molar-refractivity contribution in [3.8, 4) is 0 Å². The summed E-state index contributed by atoms with van der Waals surface area (Å²) in [5.74, 6) is -0.307. The number of allylic oxidation sites excluding steroid dienone is 1. The fourth-order valence-corrected chi connectivity index (χ4v) is 2.82. The predicted octanol–water partition coefficient (Wildman–Crippen LogP) is 3.58. The van der Waals surface area contributed by atoms with Gasteiger partial charge in [0.1, 0.15) is 0 Å². The van der Waals surface area contributed by atoms with E-state index in [0.717, 1.165) is 19.3 Å². The first-order chi connectivity index (χ1) is 11.2. The molecule has 0 heterocycles. The Hall–Kier alpha value is -2.10. The second-order valence-electron chi connectivity index (χ2n) is 5.84. The molecule has 0 saturated carbocycles. The molecule has 0 saturated heterocycles. The third kappa shape index (κ3) is 5.55. The molecule has 4 nitrogen and oxygen atoms in total. The Morgan fingerprint density at radius 1 is 1.13 bits per heavy atom. The summed E-state index contributed by atoms with van der Waals surface area (Å²) in [6.45, 7) is 1.05. The number of esters is 1. The molecule has 23 heavy (non-hydrogen) atoms. The van der Waals surface area contributed by atoms with E-state index >= 15 is 0 Å². The summed E-state index contributed by atoms with van der Waals surface area (Å²) in [4.78, 5) is 25.8. The molecule has 1 aliphatic rings. The van der Waals surface area contributed by atoms with E-state index in [4.69, 9.17) is 4.74 Å². The van der Waals surface area contributed by atoms with Crippen LogP contribution in [-0.2, 0) is 9.53 Å². The van der Waals surface area contributed by atoms with Crippen LogP contribution in [0.1, 0.15) is 48.9 Å². The van der Waals surface area contributed by atoms with Gasteiger partial charge in [-0.2, -0.15) is 0 Å². The van der Waals surface area contributed by atoms with Crippen LogP contribution in [0.2, 0.25) is 0 Å². The minimum Gasteiger partial charge on any atom is -0.469 e. The number of hydrogen-bond acceptors (Lipinski definition) is 3. The topological polar surface area (TPSA) is 46.6 Å². The van der Waals surface area contributed by atoms with Crippen LogP contribution in [0, 0.1) is 0 Å². The Morgan fingerprint density at radius 2 is 1.91 bits per heavy atom. The molecule has 0 bridgehead atoms. The first-order valence-electron chi connectivity index (χ1n) is 8.29. The lowest BCUT2D eigenvalue weighted by Gasteiger charge is -2.24. The predicted molar refractivity (Wildman–Crippen MR) is 90.1 cm³/mol. The highest BCUT2D eigenvalue weighted by Crippen LogP contribution is 2.20. The van der Waals surface area contributed by atoms with Crippen molar-refractivity contribution in [1.82, 2.24) is 4.90 Å². The summed E-state index contributed by atoms with van der Waals surface area (Å²) >= 11 is 0. The van der Waals surface area contributed by atoms with Gasteiger partial charge in [0.25, 0.3) is 5.91 Å². The summed E-state index contributed by atoms with van der Waals surface area (Å²) in [5, 5.41) is 0. The highest BCUT2D eigenvalue weighted by Gasteiger charge is 2.17. The van der Waals surface area contributed by atoms with Gasteiger partial charge in [0, 0.05) is 18.7 Å². The lowest BCUT2D eigenvalue weighted by molar-refractivity contribution is -0.140. The Balaban J connectivity index is 1.99. The lowest BCUT2D eigenvalue weighted by atomic mass is 9.97. The molecule has 0 atom stereocenters. The number of ether oxygens (including phenoxy) is 1. The van der Waals surface area contributed by atoms with Gasteiger partial charge < -0.3 is 9.64 Å². The zero-order chi connectivity index (χ0) is 16.5. The van der Waals surface area contributed by atoms with E-state index in [0.29, 0.717) is 18.7 Å². The minimum absolute atomic E-state index is 0.0223. The van der Waals surface area contributed by atoms with Crippen LogP contribution in [-0.4, -0.2) is 37.0 Å². The Bertz CT molecular complexity index is 551.